The molecule has 1 aliphatic rings. The second-order valence-corrected chi connectivity index (χ2v) is 11.1. The van der Waals surface area contributed by atoms with Crippen LogP contribution < -0.4 is 4.74 Å². The molecule has 2 atom stereocenters. The van der Waals surface area contributed by atoms with Gasteiger partial charge in [0, 0.05) is 25.1 Å². The quantitative estimate of drug-likeness (QED) is 0.365. The van der Waals surface area contributed by atoms with Crippen LogP contribution in [0.15, 0.2) is 52.9 Å². The molecule has 0 bridgehead atoms. The van der Waals surface area contributed by atoms with Crippen LogP contribution in [0.4, 0.5) is 4.79 Å². The maximum atomic E-state index is 12.1. The second-order valence-electron chi connectivity index (χ2n) is 11.1. The number of oxazole rings is 1. The van der Waals surface area contributed by atoms with Crippen molar-refractivity contribution in [2.75, 3.05) is 26.3 Å². The first kappa shape index (κ1) is 28.2. The first-order chi connectivity index (χ1) is 18.5. The minimum absolute atomic E-state index is 0.0917. The van der Waals surface area contributed by atoms with Crippen molar-refractivity contribution in [1.82, 2.24) is 9.88 Å². The van der Waals surface area contributed by atoms with Gasteiger partial charge in [-0.1, -0.05) is 45.0 Å². The molecule has 1 fully saturated rings. The SMILES string of the molecule is CCOC(=O)N1C[C@@H](Cc2ccc(OCCc3nc(-c4ccc(C(C)(C)C)cc4)oc3C)cc2)[C@@H](C(=O)O)C1. The lowest BCUT2D eigenvalue weighted by atomic mass is 9.87. The van der Waals surface area contributed by atoms with Crippen molar-refractivity contribution in [1.29, 1.82) is 0 Å². The smallest absolute Gasteiger partial charge is 0.409 e. The summed E-state index contributed by atoms with van der Waals surface area (Å²) in [6.45, 7) is 11.5. The lowest BCUT2D eigenvalue weighted by Crippen LogP contribution is -2.30. The number of aliphatic carboxylic acids is 1. The fraction of sp³-hybridized carbons (Fsp3) is 0.452. The molecular formula is C31H38N2O6. The summed E-state index contributed by atoms with van der Waals surface area (Å²) in [6.07, 6.45) is 0.719. The number of hydrogen-bond donors (Lipinski definition) is 1. The number of amides is 1. The fourth-order valence-corrected chi connectivity index (χ4v) is 4.91. The van der Waals surface area contributed by atoms with Gasteiger partial charge in [0.2, 0.25) is 5.89 Å². The molecule has 2 aromatic carbocycles. The highest BCUT2D eigenvalue weighted by Gasteiger charge is 2.40. The molecule has 0 spiro atoms. The number of carboxylic acid groups (broad SMARTS) is 1. The topological polar surface area (TPSA) is 102 Å². The van der Waals surface area contributed by atoms with E-state index >= 15 is 0 Å². The summed E-state index contributed by atoms with van der Waals surface area (Å²) < 4.78 is 16.9. The summed E-state index contributed by atoms with van der Waals surface area (Å²) in [5.74, 6) is 0.447. The molecule has 4 rings (SSSR count). The van der Waals surface area contributed by atoms with Crippen molar-refractivity contribution in [3.05, 3.63) is 71.1 Å². The summed E-state index contributed by atoms with van der Waals surface area (Å²) in [6, 6.07) is 16.0. The Morgan fingerprint density at radius 2 is 1.77 bits per heavy atom. The zero-order valence-electron chi connectivity index (χ0n) is 23.4. The summed E-state index contributed by atoms with van der Waals surface area (Å²) in [5.41, 5.74) is 4.17. The van der Waals surface area contributed by atoms with Gasteiger partial charge in [0.25, 0.3) is 0 Å². The normalized spacial score (nSPS) is 17.3. The van der Waals surface area contributed by atoms with E-state index in [0.29, 0.717) is 31.9 Å². The first-order valence-corrected chi connectivity index (χ1v) is 13.5. The van der Waals surface area contributed by atoms with E-state index in [0.717, 1.165) is 28.3 Å². The first-order valence-electron chi connectivity index (χ1n) is 13.5. The second kappa shape index (κ2) is 11.9. The highest BCUT2D eigenvalue weighted by molar-refractivity contribution is 5.74. The van der Waals surface area contributed by atoms with E-state index in [1.54, 1.807) is 6.92 Å². The van der Waals surface area contributed by atoms with Gasteiger partial charge in [-0.05, 0) is 67.0 Å². The number of ether oxygens (including phenoxy) is 2. The van der Waals surface area contributed by atoms with Crippen LogP contribution in [0.3, 0.4) is 0 Å². The van der Waals surface area contributed by atoms with Crippen molar-refractivity contribution in [3.63, 3.8) is 0 Å². The maximum Gasteiger partial charge on any atom is 0.409 e. The van der Waals surface area contributed by atoms with Gasteiger partial charge in [0.15, 0.2) is 0 Å². The van der Waals surface area contributed by atoms with Gasteiger partial charge in [-0.15, -0.1) is 0 Å². The van der Waals surface area contributed by atoms with E-state index in [1.807, 2.05) is 43.3 Å². The van der Waals surface area contributed by atoms with Crippen molar-refractivity contribution in [2.45, 2.75) is 52.9 Å². The fourth-order valence-electron chi connectivity index (χ4n) is 4.91. The van der Waals surface area contributed by atoms with Crippen LogP contribution in [-0.4, -0.2) is 53.4 Å². The van der Waals surface area contributed by atoms with E-state index in [1.165, 1.54) is 10.5 Å². The zero-order valence-corrected chi connectivity index (χ0v) is 23.4. The van der Waals surface area contributed by atoms with E-state index in [-0.39, 0.29) is 24.5 Å². The number of aromatic nitrogens is 1. The predicted molar refractivity (Wildman–Crippen MR) is 148 cm³/mol. The number of carbonyl (C=O) groups is 2. The van der Waals surface area contributed by atoms with Crippen LogP contribution >= 0.6 is 0 Å². The van der Waals surface area contributed by atoms with Gasteiger partial charge in [-0.25, -0.2) is 9.78 Å². The van der Waals surface area contributed by atoms with E-state index < -0.39 is 18.0 Å². The zero-order chi connectivity index (χ0) is 28.2. The summed E-state index contributed by atoms with van der Waals surface area (Å²) in [5, 5.41) is 9.64. The molecule has 8 nitrogen and oxygen atoms in total. The molecule has 8 heteroatoms. The molecule has 0 aliphatic carbocycles. The van der Waals surface area contributed by atoms with E-state index in [4.69, 9.17) is 18.9 Å². The molecule has 1 N–H and O–H groups in total. The average Bonchev–Trinajstić information content (AvgIpc) is 3.49. The number of aryl methyl sites for hydroxylation is 1. The molecule has 0 unspecified atom stereocenters. The number of likely N-dealkylation sites (tertiary alicyclic amines) is 1. The molecule has 1 aromatic heterocycles. The van der Waals surface area contributed by atoms with Crippen LogP contribution in [0.25, 0.3) is 11.5 Å². The Morgan fingerprint density at radius 3 is 2.38 bits per heavy atom. The van der Waals surface area contributed by atoms with Crippen molar-refractivity contribution >= 4 is 12.1 Å². The van der Waals surface area contributed by atoms with Crippen LogP contribution in [-0.2, 0) is 27.8 Å². The predicted octanol–water partition coefficient (Wildman–Crippen LogP) is 5.90. The Labute approximate surface area is 229 Å². The van der Waals surface area contributed by atoms with Gasteiger partial charge in [-0.3, -0.25) is 4.79 Å². The monoisotopic (exact) mass is 534 g/mol. The molecule has 1 amide bonds. The largest absolute Gasteiger partial charge is 0.493 e. The maximum absolute atomic E-state index is 12.1. The number of nitrogens with zero attached hydrogens (tertiary/aromatic N) is 2. The summed E-state index contributed by atoms with van der Waals surface area (Å²) in [7, 11) is 0. The molecular weight excluding hydrogens is 496 g/mol. The number of rotatable bonds is 9. The van der Waals surface area contributed by atoms with Gasteiger partial charge in [0.05, 0.1) is 24.8 Å². The Balaban J connectivity index is 1.31. The lowest BCUT2D eigenvalue weighted by molar-refractivity contribution is -0.142. The molecule has 39 heavy (non-hydrogen) atoms. The van der Waals surface area contributed by atoms with Gasteiger partial charge in [0.1, 0.15) is 11.5 Å². The van der Waals surface area contributed by atoms with Gasteiger partial charge >= 0.3 is 12.1 Å². The van der Waals surface area contributed by atoms with E-state index in [9.17, 15) is 14.7 Å². The molecule has 0 radical (unpaired) electrons. The third kappa shape index (κ3) is 6.99. The summed E-state index contributed by atoms with van der Waals surface area (Å²) >= 11 is 0. The average molecular weight is 535 g/mol. The van der Waals surface area contributed by atoms with Gasteiger partial charge < -0.3 is 23.9 Å². The van der Waals surface area contributed by atoms with Crippen molar-refractivity contribution < 1.29 is 28.6 Å². The standard InChI is InChI=1S/C31H38N2O6/c1-6-37-30(36)33-18-23(26(19-33)29(34)35)17-21-7-13-25(14-8-21)38-16-15-27-20(2)39-28(32-27)22-9-11-24(12-10-22)31(3,4)5/h7-14,23,26H,6,15-19H2,1-5H3,(H,34,35)/t23-,26+/m1/s1. The number of benzene rings is 2. The number of carboxylic acids is 1. The Bertz CT molecular complexity index is 1270. The highest BCUT2D eigenvalue weighted by Crippen LogP contribution is 2.29. The Kier molecular flexibility index (Phi) is 8.63. The Morgan fingerprint density at radius 1 is 1.08 bits per heavy atom. The summed E-state index contributed by atoms with van der Waals surface area (Å²) in [4.78, 5) is 30.0. The molecule has 3 aromatic rings. The molecule has 1 aliphatic heterocycles. The molecule has 1 saturated heterocycles. The lowest BCUT2D eigenvalue weighted by Gasteiger charge is -2.18. The van der Waals surface area contributed by atoms with Crippen LogP contribution in [0.2, 0.25) is 0 Å². The number of carbonyl (C=O) groups excluding carboxylic acids is 1. The van der Waals surface area contributed by atoms with Crippen molar-refractivity contribution in [2.24, 2.45) is 11.8 Å². The molecule has 208 valence electrons. The third-order valence-corrected chi connectivity index (χ3v) is 7.20. The third-order valence-electron chi connectivity index (χ3n) is 7.20. The van der Waals surface area contributed by atoms with Crippen LogP contribution in [0, 0.1) is 18.8 Å². The van der Waals surface area contributed by atoms with E-state index in [2.05, 4.69) is 32.9 Å². The van der Waals surface area contributed by atoms with Crippen LogP contribution in [0.1, 0.15) is 50.3 Å². The minimum Gasteiger partial charge on any atom is -0.493 e. The highest BCUT2D eigenvalue weighted by atomic mass is 16.6. The molecule has 2 heterocycles. The van der Waals surface area contributed by atoms with Crippen LogP contribution in [0.5, 0.6) is 5.75 Å². The molecule has 0 saturated carbocycles. The number of hydrogen-bond acceptors (Lipinski definition) is 6. The van der Waals surface area contributed by atoms with Crippen molar-refractivity contribution in [3.8, 4) is 17.2 Å². The Hall–Kier alpha value is -3.81. The minimum atomic E-state index is -0.889. The van der Waals surface area contributed by atoms with Gasteiger partial charge in [-0.2, -0.15) is 0 Å².